The number of hydrogen-bond donors (Lipinski definition) is 1. The number of hydrogen-bond acceptors (Lipinski definition) is 4. The number of nitrogens with two attached hydrogens (primary N) is 1. The van der Waals surface area contributed by atoms with Crippen LogP contribution in [0.5, 0.6) is 11.5 Å². The zero-order valence-electron chi connectivity index (χ0n) is 8.03. The van der Waals surface area contributed by atoms with E-state index in [1.165, 1.54) is 0 Å². The number of carbonyl (C=O) groups excluding carboxylic acids is 1. The van der Waals surface area contributed by atoms with Crippen molar-refractivity contribution in [1.82, 2.24) is 0 Å². The summed E-state index contributed by atoms with van der Waals surface area (Å²) >= 11 is 0. The number of benzene rings is 1. The summed E-state index contributed by atoms with van der Waals surface area (Å²) in [7, 11) is 1.56. The molecule has 76 valence electrons. The van der Waals surface area contributed by atoms with Gasteiger partial charge in [-0.1, -0.05) is 6.07 Å². The molecule has 14 heavy (non-hydrogen) atoms. The predicted molar refractivity (Wildman–Crippen MR) is 52.3 cm³/mol. The van der Waals surface area contributed by atoms with Gasteiger partial charge in [0.05, 0.1) is 13.5 Å². The second kappa shape index (κ2) is 5.24. The Hall–Kier alpha value is -1.55. The summed E-state index contributed by atoms with van der Waals surface area (Å²) in [6, 6.07) is 6.87. The molecule has 2 N–H and O–H groups in total. The molecule has 1 aromatic rings. The second-order valence-electron chi connectivity index (χ2n) is 2.69. The third-order valence-electron chi connectivity index (χ3n) is 1.62. The molecule has 0 spiro atoms. The molecule has 0 atom stereocenters. The van der Waals surface area contributed by atoms with Crippen molar-refractivity contribution in [3.8, 4) is 11.5 Å². The molecule has 0 bridgehead atoms. The van der Waals surface area contributed by atoms with Crippen LogP contribution in [0.3, 0.4) is 0 Å². The normalized spacial score (nSPS) is 9.57. The van der Waals surface area contributed by atoms with Gasteiger partial charge in [-0.15, -0.1) is 0 Å². The van der Waals surface area contributed by atoms with Crippen LogP contribution in [-0.2, 0) is 4.79 Å². The molecule has 0 unspecified atom stereocenters. The van der Waals surface area contributed by atoms with Gasteiger partial charge in [0.1, 0.15) is 11.5 Å². The van der Waals surface area contributed by atoms with Crippen molar-refractivity contribution in [3.63, 3.8) is 0 Å². The SMILES string of the molecule is COc1cccc(OC(=O)CCN)c1. The largest absolute Gasteiger partial charge is 0.497 e. The Labute approximate surface area is 82.6 Å². The first-order chi connectivity index (χ1) is 6.76. The molecule has 0 saturated heterocycles. The van der Waals surface area contributed by atoms with Gasteiger partial charge in [-0.2, -0.15) is 0 Å². The maximum absolute atomic E-state index is 11.1. The van der Waals surface area contributed by atoms with Crippen molar-refractivity contribution >= 4 is 5.97 Å². The maximum atomic E-state index is 11.1. The molecule has 0 saturated carbocycles. The minimum absolute atomic E-state index is 0.219. The highest BCUT2D eigenvalue weighted by atomic mass is 16.5. The highest BCUT2D eigenvalue weighted by molar-refractivity contribution is 5.72. The van der Waals surface area contributed by atoms with Crippen LogP contribution in [0.2, 0.25) is 0 Å². The Kier molecular flexibility index (Phi) is 3.94. The molecule has 0 aromatic heterocycles. The molecule has 0 fully saturated rings. The van der Waals surface area contributed by atoms with E-state index < -0.39 is 0 Å². The maximum Gasteiger partial charge on any atom is 0.312 e. The molecule has 1 aromatic carbocycles. The van der Waals surface area contributed by atoms with Crippen LogP contribution in [0.15, 0.2) is 24.3 Å². The zero-order chi connectivity index (χ0) is 10.4. The number of methoxy groups -OCH3 is 1. The minimum atomic E-state index is -0.333. The Morgan fingerprint density at radius 2 is 2.14 bits per heavy atom. The molecule has 0 aliphatic heterocycles. The highest BCUT2D eigenvalue weighted by Gasteiger charge is 2.03. The van der Waals surface area contributed by atoms with Crippen molar-refractivity contribution in [2.75, 3.05) is 13.7 Å². The molecule has 1 rings (SSSR count). The molecule has 0 aliphatic rings. The Bertz CT molecular complexity index is 312. The lowest BCUT2D eigenvalue weighted by Crippen LogP contribution is -2.13. The number of esters is 1. The second-order valence-corrected chi connectivity index (χ2v) is 2.69. The van der Waals surface area contributed by atoms with Gasteiger partial charge in [0, 0.05) is 12.6 Å². The van der Waals surface area contributed by atoms with Gasteiger partial charge in [-0.25, -0.2) is 0 Å². The van der Waals surface area contributed by atoms with Gasteiger partial charge in [-0.05, 0) is 12.1 Å². The molecule has 0 aliphatic carbocycles. The van der Waals surface area contributed by atoms with Gasteiger partial charge in [-0.3, -0.25) is 4.79 Å². The fourth-order valence-electron chi connectivity index (χ4n) is 0.965. The van der Waals surface area contributed by atoms with Gasteiger partial charge in [0.2, 0.25) is 0 Å². The van der Waals surface area contributed by atoms with Gasteiger partial charge in [0.25, 0.3) is 0 Å². The van der Waals surface area contributed by atoms with Gasteiger partial charge >= 0.3 is 5.97 Å². The van der Waals surface area contributed by atoms with Crippen molar-refractivity contribution in [2.45, 2.75) is 6.42 Å². The fraction of sp³-hybridized carbons (Fsp3) is 0.300. The van der Waals surface area contributed by atoms with Crippen LogP contribution < -0.4 is 15.2 Å². The molecule has 0 amide bonds. The first-order valence-electron chi connectivity index (χ1n) is 4.31. The Morgan fingerprint density at radius 3 is 2.79 bits per heavy atom. The van der Waals surface area contributed by atoms with Crippen molar-refractivity contribution in [1.29, 1.82) is 0 Å². The zero-order valence-corrected chi connectivity index (χ0v) is 8.03. The lowest BCUT2D eigenvalue weighted by Gasteiger charge is -2.04. The van der Waals surface area contributed by atoms with E-state index in [9.17, 15) is 4.79 Å². The summed E-state index contributed by atoms with van der Waals surface area (Å²) in [5.41, 5.74) is 5.21. The fourth-order valence-corrected chi connectivity index (χ4v) is 0.965. The minimum Gasteiger partial charge on any atom is -0.497 e. The highest BCUT2D eigenvalue weighted by Crippen LogP contribution is 2.18. The van der Waals surface area contributed by atoms with Crippen molar-refractivity contribution in [2.24, 2.45) is 5.73 Å². The summed E-state index contributed by atoms with van der Waals surface area (Å²) in [4.78, 5) is 11.1. The summed E-state index contributed by atoms with van der Waals surface area (Å²) < 4.78 is 9.98. The molecule has 0 radical (unpaired) electrons. The quantitative estimate of drug-likeness (QED) is 0.574. The van der Waals surface area contributed by atoms with Gasteiger partial charge in [0.15, 0.2) is 0 Å². The first kappa shape index (κ1) is 10.5. The van der Waals surface area contributed by atoms with Crippen molar-refractivity contribution < 1.29 is 14.3 Å². The third kappa shape index (κ3) is 3.06. The summed E-state index contributed by atoms with van der Waals surface area (Å²) in [6.07, 6.45) is 0.219. The monoisotopic (exact) mass is 195 g/mol. The molecule has 0 heterocycles. The smallest absolute Gasteiger partial charge is 0.312 e. The standard InChI is InChI=1S/C10H13NO3/c1-13-8-3-2-4-9(7-8)14-10(12)5-6-11/h2-4,7H,5-6,11H2,1H3. The third-order valence-corrected chi connectivity index (χ3v) is 1.62. The van der Waals surface area contributed by atoms with Crippen LogP contribution in [0.1, 0.15) is 6.42 Å². The topological polar surface area (TPSA) is 61.5 Å². The van der Waals surface area contributed by atoms with Crippen LogP contribution in [0.25, 0.3) is 0 Å². The van der Waals surface area contributed by atoms with E-state index in [-0.39, 0.29) is 12.4 Å². The number of ether oxygens (including phenoxy) is 2. The molecule has 4 nitrogen and oxygen atoms in total. The van der Waals surface area contributed by atoms with Crippen LogP contribution in [0.4, 0.5) is 0 Å². The molecule has 4 heteroatoms. The van der Waals surface area contributed by atoms with E-state index in [0.717, 1.165) is 0 Å². The van der Waals surface area contributed by atoms with E-state index in [2.05, 4.69) is 0 Å². The average molecular weight is 195 g/mol. The molecular weight excluding hydrogens is 182 g/mol. The first-order valence-corrected chi connectivity index (χ1v) is 4.31. The van der Waals surface area contributed by atoms with E-state index in [1.807, 2.05) is 0 Å². The average Bonchev–Trinajstić information content (AvgIpc) is 2.18. The summed E-state index contributed by atoms with van der Waals surface area (Å²) in [6.45, 7) is 0.294. The molecular formula is C10H13NO3. The van der Waals surface area contributed by atoms with E-state index in [4.69, 9.17) is 15.2 Å². The van der Waals surface area contributed by atoms with E-state index >= 15 is 0 Å². The summed E-state index contributed by atoms with van der Waals surface area (Å²) in [5.74, 6) is 0.798. The summed E-state index contributed by atoms with van der Waals surface area (Å²) in [5, 5.41) is 0. The van der Waals surface area contributed by atoms with Crippen LogP contribution in [-0.4, -0.2) is 19.6 Å². The van der Waals surface area contributed by atoms with Crippen LogP contribution >= 0.6 is 0 Å². The Balaban J connectivity index is 2.62. The lowest BCUT2D eigenvalue weighted by atomic mass is 10.3. The van der Waals surface area contributed by atoms with Crippen molar-refractivity contribution in [3.05, 3.63) is 24.3 Å². The predicted octanol–water partition coefficient (Wildman–Crippen LogP) is 0.949. The van der Waals surface area contributed by atoms with E-state index in [1.54, 1.807) is 31.4 Å². The number of carbonyl (C=O) groups is 1. The van der Waals surface area contributed by atoms with E-state index in [0.29, 0.717) is 18.0 Å². The lowest BCUT2D eigenvalue weighted by molar-refractivity contribution is -0.134. The van der Waals surface area contributed by atoms with Gasteiger partial charge < -0.3 is 15.2 Å². The Morgan fingerprint density at radius 1 is 1.43 bits per heavy atom. The number of rotatable bonds is 4. The van der Waals surface area contributed by atoms with Crippen LogP contribution in [0, 0.1) is 0 Å².